The zero-order valence-corrected chi connectivity index (χ0v) is 11.8. The van der Waals surface area contributed by atoms with Crippen LogP contribution in [0.4, 0.5) is 5.95 Å². The second kappa shape index (κ2) is 5.91. The van der Waals surface area contributed by atoms with Gasteiger partial charge in [0.25, 0.3) is 0 Å². The van der Waals surface area contributed by atoms with Gasteiger partial charge in [0.15, 0.2) is 0 Å². The van der Waals surface area contributed by atoms with Crippen molar-refractivity contribution in [3.8, 4) is 0 Å². The lowest BCUT2D eigenvalue weighted by Gasteiger charge is -2.03. The van der Waals surface area contributed by atoms with Gasteiger partial charge in [-0.25, -0.2) is 15.0 Å². The van der Waals surface area contributed by atoms with Crippen LogP contribution in [-0.2, 0) is 6.42 Å². The van der Waals surface area contributed by atoms with Gasteiger partial charge >= 0.3 is 0 Å². The molecule has 4 nitrogen and oxygen atoms in total. The first-order valence-corrected chi connectivity index (χ1v) is 6.93. The standard InChI is InChI=1S/C13H18N4S/c1-9-6-8-15-13(16-9)14-7-4-5-12-17-10(2)11(3)18-12/h6,8H,4-5,7H2,1-3H3,(H,14,15,16). The van der Waals surface area contributed by atoms with Crippen molar-refractivity contribution < 1.29 is 0 Å². The first-order chi connectivity index (χ1) is 8.65. The Labute approximate surface area is 112 Å². The molecule has 96 valence electrons. The topological polar surface area (TPSA) is 50.7 Å². The Morgan fingerprint density at radius 1 is 1.22 bits per heavy atom. The van der Waals surface area contributed by atoms with Crippen molar-refractivity contribution in [2.45, 2.75) is 33.6 Å². The van der Waals surface area contributed by atoms with E-state index in [9.17, 15) is 0 Å². The van der Waals surface area contributed by atoms with Crippen LogP contribution in [-0.4, -0.2) is 21.5 Å². The van der Waals surface area contributed by atoms with Crippen LogP contribution in [0.15, 0.2) is 12.3 Å². The summed E-state index contributed by atoms with van der Waals surface area (Å²) in [5.74, 6) is 0.710. The summed E-state index contributed by atoms with van der Waals surface area (Å²) in [5.41, 5.74) is 2.14. The van der Waals surface area contributed by atoms with Gasteiger partial charge in [0.05, 0.1) is 10.7 Å². The summed E-state index contributed by atoms with van der Waals surface area (Å²) in [6.45, 7) is 7.03. The molecule has 0 saturated carbocycles. The maximum atomic E-state index is 4.53. The van der Waals surface area contributed by atoms with Crippen LogP contribution in [0.1, 0.15) is 27.7 Å². The molecule has 0 radical (unpaired) electrons. The normalized spacial score (nSPS) is 10.6. The van der Waals surface area contributed by atoms with Crippen LogP contribution >= 0.6 is 11.3 Å². The van der Waals surface area contributed by atoms with E-state index < -0.39 is 0 Å². The minimum Gasteiger partial charge on any atom is -0.354 e. The Bertz CT molecular complexity index is 502. The molecule has 0 fully saturated rings. The van der Waals surface area contributed by atoms with Gasteiger partial charge in [-0.15, -0.1) is 11.3 Å². The summed E-state index contributed by atoms with van der Waals surface area (Å²) in [6, 6.07) is 1.90. The molecule has 0 atom stereocenters. The van der Waals surface area contributed by atoms with Crippen molar-refractivity contribution in [3.63, 3.8) is 0 Å². The third kappa shape index (κ3) is 3.50. The van der Waals surface area contributed by atoms with E-state index in [0.29, 0.717) is 5.95 Å². The van der Waals surface area contributed by atoms with Gasteiger partial charge in [-0.2, -0.15) is 0 Å². The predicted octanol–water partition coefficient (Wildman–Crippen LogP) is 2.90. The van der Waals surface area contributed by atoms with E-state index in [4.69, 9.17) is 0 Å². The van der Waals surface area contributed by atoms with Crippen molar-refractivity contribution in [1.29, 1.82) is 0 Å². The molecule has 0 amide bonds. The molecule has 0 aliphatic carbocycles. The summed E-state index contributed by atoms with van der Waals surface area (Å²) >= 11 is 1.79. The Hall–Kier alpha value is -1.49. The Morgan fingerprint density at radius 3 is 2.72 bits per heavy atom. The smallest absolute Gasteiger partial charge is 0.222 e. The quantitative estimate of drug-likeness (QED) is 0.842. The fraction of sp³-hybridized carbons (Fsp3) is 0.462. The monoisotopic (exact) mass is 262 g/mol. The maximum Gasteiger partial charge on any atom is 0.222 e. The van der Waals surface area contributed by atoms with Gasteiger partial charge in [0.2, 0.25) is 5.95 Å². The number of hydrogen-bond acceptors (Lipinski definition) is 5. The van der Waals surface area contributed by atoms with Crippen molar-refractivity contribution in [3.05, 3.63) is 33.5 Å². The maximum absolute atomic E-state index is 4.53. The molecule has 2 rings (SSSR count). The molecular formula is C13H18N4S. The molecule has 0 aliphatic heterocycles. The number of anilines is 1. The van der Waals surface area contributed by atoms with Crippen LogP contribution in [0, 0.1) is 20.8 Å². The summed E-state index contributed by atoms with van der Waals surface area (Å²) in [5, 5.41) is 4.45. The molecule has 0 aromatic carbocycles. The first kappa shape index (κ1) is 13.0. The average Bonchev–Trinajstić information content (AvgIpc) is 2.65. The molecule has 0 aliphatic rings. The number of hydrogen-bond donors (Lipinski definition) is 1. The van der Waals surface area contributed by atoms with Crippen molar-refractivity contribution >= 4 is 17.3 Å². The fourth-order valence-corrected chi connectivity index (χ4v) is 2.60. The van der Waals surface area contributed by atoms with Crippen LogP contribution < -0.4 is 5.32 Å². The molecule has 0 unspecified atom stereocenters. The number of aryl methyl sites for hydroxylation is 4. The second-order valence-electron chi connectivity index (χ2n) is 4.30. The van der Waals surface area contributed by atoms with Crippen molar-refractivity contribution in [2.75, 3.05) is 11.9 Å². The highest BCUT2D eigenvalue weighted by atomic mass is 32.1. The van der Waals surface area contributed by atoms with Gasteiger partial charge in [0.1, 0.15) is 0 Å². The first-order valence-electron chi connectivity index (χ1n) is 6.11. The Kier molecular flexibility index (Phi) is 4.25. The van der Waals surface area contributed by atoms with Crippen LogP contribution in [0.5, 0.6) is 0 Å². The zero-order valence-electron chi connectivity index (χ0n) is 11.0. The van der Waals surface area contributed by atoms with Crippen LogP contribution in [0.3, 0.4) is 0 Å². The largest absolute Gasteiger partial charge is 0.354 e. The minimum absolute atomic E-state index is 0.710. The van der Waals surface area contributed by atoms with E-state index in [0.717, 1.165) is 30.8 Å². The Morgan fingerprint density at radius 2 is 2.06 bits per heavy atom. The molecule has 2 aromatic heterocycles. The third-order valence-corrected chi connectivity index (χ3v) is 3.85. The second-order valence-corrected chi connectivity index (χ2v) is 5.59. The van der Waals surface area contributed by atoms with Gasteiger partial charge in [-0.3, -0.25) is 0 Å². The van der Waals surface area contributed by atoms with Gasteiger partial charge < -0.3 is 5.32 Å². The molecule has 18 heavy (non-hydrogen) atoms. The van der Waals surface area contributed by atoms with E-state index in [1.165, 1.54) is 9.88 Å². The SMILES string of the molecule is Cc1ccnc(NCCCc2nc(C)c(C)s2)n1. The lowest BCUT2D eigenvalue weighted by molar-refractivity contribution is 0.841. The molecule has 2 heterocycles. The number of aromatic nitrogens is 3. The highest BCUT2D eigenvalue weighted by molar-refractivity contribution is 7.11. The lowest BCUT2D eigenvalue weighted by Crippen LogP contribution is -2.06. The average molecular weight is 262 g/mol. The summed E-state index contributed by atoms with van der Waals surface area (Å²) < 4.78 is 0. The van der Waals surface area contributed by atoms with Crippen LogP contribution in [0.2, 0.25) is 0 Å². The molecule has 1 N–H and O–H groups in total. The third-order valence-electron chi connectivity index (χ3n) is 2.72. The Balaban J connectivity index is 1.76. The lowest BCUT2D eigenvalue weighted by atomic mass is 10.3. The van der Waals surface area contributed by atoms with Gasteiger partial charge in [-0.1, -0.05) is 0 Å². The number of nitrogens with zero attached hydrogens (tertiary/aromatic N) is 3. The highest BCUT2D eigenvalue weighted by Gasteiger charge is 2.03. The molecular weight excluding hydrogens is 244 g/mol. The zero-order chi connectivity index (χ0) is 13.0. The highest BCUT2D eigenvalue weighted by Crippen LogP contribution is 2.17. The van der Waals surface area contributed by atoms with E-state index >= 15 is 0 Å². The van der Waals surface area contributed by atoms with Gasteiger partial charge in [0, 0.05) is 29.7 Å². The fourth-order valence-electron chi connectivity index (χ4n) is 1.62. The van der Waals surface area contributed by atoms with Gasteiger partial charge in [-0.05, 0) is 33.3 Å². The molecule has 0 bridgehead atoms. The number of thiazole rings is 1. The molecule has 0 saturated heterocycles. The van der Waals surface area contributed by atoms with Crippen LogP contribution in [0.25, 0.3) is 0 Å². The summed E-state index contributed by atoms with van der Waals surface area (Å²) in [6.07, 6.45) is 3.83. The predicted molar refractivity (Wildman–Crippen MR) is 75.2 cm³/mol. The van der Waals surface area contributed by atoms with Crippen molar-refractivity contribution in [1.82, 2.24) is 15.0 Å². The number of rotatable bonds is 5. The summed E-state index contributed by atoms with van der Waals surface area (Å²) in [4.78, 5) is 14.3. The number of nitrogens with one attached hydrogen (secondary N) is 1. The van der Waals surface area contributed by atoms with E-state index in [1.807, 2.05) is 13.0 Å². The van der Waals surface area contributed by atoms with E-state index in [-0.39, 0.29) is 0 Å². The summed E-state index contributed by atoms with van der Waals surface area (Å²) in [7, 11) is 0. The minimum atomic E-state index is 0.710. The van der Waals surface area contributed by atoms with E-state index in [2.05, 4.69) is 34.1 Å². The molecule has 2 aromatic rings. The molecule has 5 heteroatoms. The van der Waals surface area contributed by atoms with E-state index in [1.54, 1.807) is 17.5 Å². The molecule has 0 spiro atoms. The van der Waals surface area contributed by atoms with Crippen molar-refractivity contribution in [2.24, 2.45) is 0 Å².